The Morgan fingerprint density at radius 3 is 1.20 bits per heavy atom. The molecular formula is C30H44. The van der Waals surface area contributed by atoms with E-state index in [2.05, 4.69) is 13.8 Å². The molecule has 16 atom stereocenters. The van der Waals surface area contributed by atoms with Gasteiger partial charge in [0.25, 0.3) is 0 Å². The van der Waals surface area contributed by atoms with Crippen LogP contribution in [0.1, 0.15) is 78.1 Å². The molecule has 9 rings (SSSR count). The van der Waals surface area contributed by atoms with E-state index in [4.69, 9.17) is 0 Å². The van der Waals surface area contributed by atoms with Crippen LogP contribution in [-0.4, -0.2) is 0 Å². The first-order chi connectivity index (χ1) is 14.7. The summed E-state index contributed by atoms with van der Waals surface area (Å²) in [6.45, 7) is 5.36. The van der Waals surface area contributed by atoms with E-state index in [-0.39, 0.29) is 0 Å². The first-order valence-corrected chi connectivity index (χ1v) is 14.7. The zero-order chi connectivity index (χ0) is 19.5. The Labute approximate surface area is 184 Å². The Bertz CT molecular complexity index is 706. The number of hydrogen-bond donors (Lipinski definition) is 0. The average molecular weight is 405 g/mol. The van der Waals surface area contributed by atoms with Crippen molar-refractivity contribution in [3.8, 4) is 0 Å². The molecule has 9 aliphatic rings. The zero-order valence-electron chi connectivity index (χ0n) is 19.5. The second-order valence-corrected chi connectivity index (χ2v) is 15.0. The Balaban J connectivity index is 1.13. The van der Waals surface area contributed by atoms with E-state index in [1.165, 1.54) is 94.7 Å². The van der Waals surface area contributed by atoms with Gasteiger partial charge in [-0.2, -0.15) is 0 Å². The fourth-order valence-corrected chi connectivity index (χ4v) is 15.0. The number of fused-ring (bicyclic) bond motifs is 24. The molecule has 0 radical (unpaired) electrons. The van der Waals surface area contributed by atoms with Crippen LogP contribution in [0.15, 0.2) is 0 Å². The molecule has 0 N–H and O–H groups in total. The van der Waals surface area contributed by atoms with Crippen LogP contribution in [0, 0.1) is 107 Å². The third kappa shape index (κ3) is 1.78. The van der Waals surface area contributed by atoms with Crippen LogP contribution in [0.25, 0.3) is 0 Å². The lowest BCUT2D eigenvalue weighted by Gasteiger charge is -2.51. The molecule has 0 nitrogen and oxygen atoms in total. The first kappa shape index (κ1) is 17.5. The lowest BCUT2D eigenvalue weighted by atomic mass is 9.54. The van der Waals surface area contributed by atoms with E-state index in [0.29, 0.717) is 0 Å². The van der Waals surface area contributed by atoms with Gasteiger partial charge in [-0.25, -0.2) is 0 Å². The van der Waals surface area contributed by atoms with Gasteiger partial charge in [0.05, 0.1) is 0 Å². The minimum absolute atomic E-state index is 0.955. The van der Waals surface area contributed by atoms with E-state index in [1.54, 1.807) is 64.2 Å². The summed E-state index contributed by atoms with van der Waals surface area (Å²) < 4.78 is 0. The minimum Gasteiger partial charge on any atom is -0.0625 e. The van der Waals surface area contributed by atoms with Crippen molar-refractivity contribution in [1.29, 1.82) is 0 Å². The normalized spacial score (nSPS) is 70.3. The van der Waals surface area contributed by atoms with Crippen molar-refractivity contribution in [2.45, 2.75) is 78.1 Å². The van der Waals surface area contributed by atoms with Crippen LogP contribution in [0.3, 0.4) is 0 Å². The minimum atomic E-state index is 0.955. The molecule has 30 heavy (non-hydrogen) atoms. The van der Waals surface area contributed by atoms with E-state index in [0.717, 1.165) is 11.8 Å². The summed E-state index contributed by atoms with van der Waals surface area (Å²) in [7, 11) is 0. The van der Waals surface area contributed by atoms with Crippen LogP contribution in [-0.2, 0) is 0 Å². The maximum Gasteiger partial charge on any atom is -0.0318 e. The summed E-state index contributed by atoms with van der Waals surface area (Å²) in [5.41, 5.74) is 0. The highest BCUT2D eigenvalue weighted by Gasteiger charge is 2.72. The summed E-state index contributed by atoms with van der Waals surface area (Å²) in [5, 5.41) is 0. The molecule has 9 aliphatic carbocycles. The molecule has 0 aromatic heterocycles. The quantitative estimate of drug-likeness (QED) is 0.407. The molecule has 0 spiro atoms. The molecule has 0 aromatic rings. The van der Waals surface area contributed by atoms with Crippen molar-refractivity contribution in [3.63, 3.8) is 0 Å². The molecule has 164 valence electrons. The summed E-state index contributed by atoms with van der Waals surface area (Å²) in [4.78, 5) is 0. The molecule has 0 aromatic carbocycles. The third-order valence-corrected chi connectivity index (χ3v) is 14.7. The smallest absolute Gasteiger partial charge is 0.0318 e. The van der Waals surface area contributed by atoms with Crippen molar-refractivity contribution in [3.05, 3.63) is 0 Å². The molecule has 0 aliphatic heterocycles. The fourth-order valence-electron chi connectivity index (χ4n) is 15.0. The molecule has 0 heterocycles. The van der Waals surface area contributed by atoms with Gasteiger partial charge in [0.2, 0.25) is 0 Å². The van der Waals surface area contributed by atoms with E-state index < -0.39 is 0 Å². The van der Waals surface area contributed by atoms with Crippen molar-refractivity contribution < 1.29 is 0 Å². The van der Waals surface area contributed by atoms with Gasteiger partial charge < -0.3 is 0 Å². The third-order valence-electron chi connectivity index (χ3n) is 14.7. The summed E-state index contributed by atoms with van der Waals surface area (Å²) >= 11 is 0. The lowest BCUT2D eigenvalue weighted by Crippen LogP contribution is -2.47. The van der Waals surface area contributed by atoms with Gasteiger partial charge in [-0.3, -0.25) is 0 Å². The Hall–Kier alpha value is 0. The summed E-state index contributed by atoms with van der Waals surface area (Å²) in [6, 6.07) is 0. The zero-order valence-corrected chi connectivity index (χ0v) is 19.5. The summed E-state index contributed by atoms with van der Waals surface area (Å²) in [5.74, 6) is 21.1. The second kappa shape index (κ2) is 5.55. The predicted molar refractivity (Wildman–Crippen MR) is 120 cm³/mol. The maximum atomic E-state index is 2.68. The maximum absolute atomic E-state index is 2.68. The Morgan fingerprint density at radius 1 is 0.400 bits per heavy atom. The van der Waals surface area contributed by atoms with E-state index in [9.17, 15) is 0 Å². The van der Waals surface area contributed by atoms with Gasteiger partial charge in [0.1, 0.15) is 0 Å². The predicted octanol–water partition coefficient (Wildman–Crippen LogP) is 7.14. The largest absolute Gasteiger partial charge is 0.0625 e. The molecule has 0 heteroatoms. The highest BCUT2D eigenvalue weighted by atomic mass is 14.8. The molecule has 0 amide bonds. The molecule has 9 fully saturated rings. The van der Waals surface area contributed by atoms with E-state index >= 15 is 0 Å². The van der Waals surface area contributed by atoms with Crippen molar-refractivity contribution in [2.24, 2.45) is 107 Å². The van der Waals surface area contributed by atoms with Crippen LogP contribution in [0.2, 0.25) is 0 Å². The molecular weight excluding hydrogens is 360 g/mol. The first-order valence-electron chi connectivity index (χ1n) is 14.7. The monoisotopic (exact) mass is 404 g/mol. The van der Waals surface area contributed by atoms with Crippen LogP contribution >= 0.6 is 0 Å². The fraction of sp³-hybridized carbons (Fsp3) is 1.00. The van der Waals surface area contributed by atoms with Gasteiger partial charge in [0.15, 0.2) is 0 Å². The molecule has 9 saturated carbocycles. The highest BCUT2D eigenvalue weighted by molar-refractivity contribution is 5.20. The van der Waals surface area contributed by atoms with Crippen LogP contribution in [0.4, 0.5) is 0 Å². The van der Waals surface area contributed by atoms with Crippen LogP contribution in [0.5, 0.6) is 0 Å². The van der Waals surface area contributed by atoms with Gasteiger partial charge in [-0.15, -0.1) is 0 Å². The van der Waals surface area contributed by atoms with Crippen molar-refractivity contribution in [2.75, 3.05) is 0 Å². The van der Waals surface area contributed by atoms with Gasteiger partial charge in [-0.05, 0) is 171 Å². The molecule has 8 bridgehead atoms. The van der Waals surface area contributed by atoms with Gasteiger partial charge in [-0.1, -0.05) is 13.8 Å². The highest BCUT2D eigenvalue weighted by Crippen LogP contribution is 2.78. The van der Waals surface area contributed by atoms with Crippen LogP contribution < -0.4 is 0 Å². The van der Waals surface area contributed by atoms with Gasteiger partial charge >= 0.3 is 0 Å². The molecule has 16 unspecified atom stereocenters. The Kier molecular flexibility index (Phi) is 3.23. The second-order valence-electron chi connectivity index (χ2n) is 15.0. The Morgan fingerprint density at radius 2 is 0.800 bits per heavy atom. The van der Waals surface area contributed by atoms with Gasteiger partial charge in [0, 0.05) is 0 Å². The van der Waals surface area contributed by atoms with Crippen molar-refractivity contribution in [1.82, 2.24) is 0 Å². The standard InChI is InChI=1S/C30H44/c1-13(2)24-29-18(20-11-22(29)27-16-5-3-14(9-16)25(20)27)7-8-19-21-12-23(30(19)24)28-17-6-4-15(10-17)26(21)28/h13-30H,3-12H2,1-2H3. The van der Waals surface area contributed by atoms with Crippen molar-refractivity contribution >= 4 is 0 Å². The lowest BCUT2D eigenvalue weighted by molar-refractivity contribution is -0.0363. The topological polar surface area (TPSA) is 0 Å². The summed E-state index contributed by atoms with van der Waals surface area (Å²) in [6.07, 6.45) is 16.6. The van der Waals surface area contributed by atoms with E-state index in [1.807, 2.05) is 0 Å². The number of rotatable bonds is 1. The number of hydrogen-bond acceptors (Lipinski definition) is 0. The average Bonchev–Trinajstić information content (AvgIpc) is 3.57. The molecule has 0 saturated heterocycles. The SMILES string of the molecule is CC(C)C1C2C(CCC3C4CC(C5C6CCC(C6)C45)C31)C1CC2C2C3CCC(C3)C12.